The number of likely N-dealkylation sites (tertiary alicyclic amines) is 1. The molecule has 9 heteroatoms. The fraction of sp³-hybridized carbons (Fsp3) is 0.393. The van der Waals surface area contributed by atoms with Gasteiger partial charge in [-0.1, -0.05) is 12.1 Å². The van der Waals surface area contributed by atoms with E-state index in [1.165, 1.54) is 6.42 Å². The first-order valence-electron chi connectivity index (χ1n) is 13.1. The van der Waals surface area contributed by atoms with Gasteiger partial charge >= 0.3 is 0 Å². The molecular weight excluding hydrogens is 468 g/mol. The quantitative estimate of drug-likeness (QED) is 0.400. The second-order valence-corrected chi connectivity index (χ2v) is 10.4. The summed E-state index contributed by atoms with van der Waals surface area (Å²) in [5, 5.41) is 2.03. The highest BCUT2D eigenvalue weighted by Crippen LogP contribution is 2.36. The maximum absolute atomic E-state index is 6.33. The monoisotopic (exact) mass is 496 g/mol. The normalized spacial score (nSPS) is 22.5. The average Bonchev–Trinajstić information content (AvgIpc) is 3.65. The van der Waals surface area contributed by atoms with Crippen LogP contribution in [-0.4, -0.2) is 76.9 Å². The Kier molecular flexibility index (Phi) is 4.96. The van der Waals surface area contributed by atoms with E-state index in [0.29, 0.717) is 42.4 Å². The largest absolute Gasteiger partial charge is 0.432 e. The van der Waals surface area contributed by atoms with Gasteiger partial charge in [0.2, 0.25) is 5.71 Å². The number of aromatic amines is 1. The molecule has 0 amide bonds. The van der Waals surface area contributed by atoms with Gasteiger partial charge in [-0.3, -0.25) is 4.90 Å². The SMILES string of the molecule is c1cc(-c2nc(N3CCOCC3)c3oc4ncc(CN5CC6COC(C6)C5)cc4c3n2)c2cc[nH]c2c1. The number of rotatable bonds is 4. The summed E-state index contributed by atoms with van der Waals surface area (Å²) in [6.07, 6.45) is 5.45. The number of fused-ring (bicyclic) bond motifs is 6. The lowest BCUT2D eigenvalue weighted by Gasteiger charge is -2.30. The second kappa shape index (κ2) is 8.51. The molecule has 0 aliphatic carbocycles. The minimum Gasteiger partial charge on any atom is -0.432 e. The fourth-order valence-electron chi connectivity index (χ4n) is 6.18. The molecule has 8 rings (SSSR count). The van der Waals surface area contributed by atoms with Crippen LogP contribution in [0.3, 0.4) is 0 Å². The second-order valence-electron chi connectivity index (χ2n) is 10.4. The van der Waals surface area contributed by atoms with Crippen molar-refractivity contribution in [2.45, 2.75) is 19.1 Å². The Bertz CT molecular complexity index is 1610. The highest BCUT2D eigenvalue weighted by Gasteiger charge is 2.33. The van der Waals surface area contributed by atoms with Crippen molar-refractivity contribution in [1.82, 2.24) is 24.8 Å². The number of hydrogen-bond acceptors (Lipinski definition) is 8. The molecule has 7 heterocycles. The molecular formula is C28H28N6O3. The maximum atomic E-state index is 6.33. The Morgan fingerprint density at radius 2 is 2.00 bits per heavy atom. The summed E-state index contributed by atoms with van der Waals surface area (Å²) in [6, 6.07) is 10.5. The number of nitrogens with one attached hydrogen (secondary N) is 1. The Balaban J connectivity index is 1.27. The highest BCUT2D eigenvalue weighted by molar-refractivity contribution is 6.06. The van der Waals surface area contributed by atoms with E-state index in [-0.39, 0.29) is 0 Å². The van der Waals surface area contributed by atoms with Crippen molar-refractivity contribution in [3.05, 3.63) is 48.3 Å². The van der Waals surface area contributed by atoms with Crippen LogP contribution in [0.2, 0.25) is 0 Å². The maximum Gasteiger partial charge on any atom is 0.229 e. The number of hydrogen-bond donors (Lipinski definition) is 1. The van der Waals surface area contributed by atoms with Gasteiger partial charge in [0.05, 0.1) is 31.3 Å². The number of benzene rings is 1. The molecule has 2 atom stereocenters. The van der Waals surface area contributed by atoms with Crippen LogP contribution in [0.1, 0.15) is 12.0 Å². The predicted molar refractivity (Wildman–Crippen MR) is 141 cm³/mol. The zero-order chi connectivity index (χ0) is 24.3. The molecule has 1 aromatic carbocycles. The Hall–Kier alpha value is -3.53. The standard InChI is InChI=1S/C28H28N6O3/c1-2-21(20-4-5-29-23(20)3-1)26-31-24-22-11-17(13-33-14-18-10-19(15-33)36-16-18)12-30-28(22)37-25(24)27(32-26)34-6-8-35-9-7-34/h1-5,11-12,18-19,29H,6-10,13-16H2. The zero-order valence-corrected chi connectivity index (χ0v) is 20.5. The number of piperidine rings is 1. The molecule has 2 unspecified atom stereocenters. The van der Waals surface area contributed by atoms with E-state index in [1.807, 2.05) is 18.5 Å². The first-order chi connectivity index (χ1) is 18.3. The molecule has 0 spiro atoms. The molecule has 3 aliphatic rings. The van der Waals surface area contributed by atoms with Crippen LogP contribution in [0.15, 0.2) is 47.1 Å². The van der Waals surface area contributed by atoms with Crippen LogP contribution in [0.25, 0.3) is 44.5 Å². The molecule has 9 nitrogen and oxygen atoms in total. The van der Waals surface area contributed by atoms with Crippen LogP contribution >= 0.6 is 0 Å². The van der Waals surface area contributed by atoms with E-state index in [4.69, 9.17) is 28.8 Å². The third-order valence-corrected chi connectivity index (χ3v) is 7.90. The number of nitrogens with zero attached hydrogens (tertiary/aromatic N) is 5. The van der Waals surface area contributed by atoms with Gasteiger partial charge < -0.3 is 23.8 Å². The van der Waals surface area contributed by atoms with Crippen molar-refractivity contribution in [3.63, 3.8) is 0 Å². The molecule has 1 N–H and O–H groups in total. The number of H-pyrrole nitrogens is 1. The minimum absolute atomic E-state index is 0.368. The smallest absolute Gasteiger partial charge is 0.229 e. The van der Waals surface area contributed by atoms with Gasteiger partial charge in [0, 0.05) is 61.6 Å². The van der Waals surface area contributed by atoms with Crippen LogP contribution in [0.4, 0.5) is 5.82 Å². The Labute approximate surface area is 213 Å². The molecule has 37 heavy (non-hydrogen) atoms. The summed E-state index contributed by atoms with van der Waals surface area (Å²) >= 11 is 0. The molecule has 5 aromatic rings. The summed E-state index contributed by atoms with van der Waals surface area (Å²) < 4.78 is 17.9. The van der Waals surface area contributed by atoms with Crippen LogP contribution in [0.5, 0.6) is 0 Å². The molecule has 0 radical (unpaired) electrons. The summed E-state index contributed by atoms with van der Waals surface area (Å²) in [5.74, 6) is 2.14. The van der Waals surface area contributed by atoms with Crippen molar-refractivity contribution in [2.24, 2.45) is 5.92 Å². The van der Waals surface area contributed by atoms with Crippen molar-refractivity contribution < 1.29 is 13.9 Å². The number of morpholine rings is 1. The first kappa shape index (κ1) is 21.5. The average molecular weight is 497 g/mol. The van der Waals surface area contributed by atoms with E-state index >= 15 is 0 Å². The molecule has 0 saturated carbocycles. The number of aromatic nitrogens is 4. The third-order valence-electron chi connectivity index (χ3n) is 7.90. The highest BCUT2D eigenvalue weighted by atomic mass is 16.5. The van der Waals surface area contributed by atoms with E-state index in [1.54, 1.807) is 0 Å². The molecule has 3 aliphatic heterocycles. The summed E-state index contributed by atoms with van der Waals surface area (Å²) in [4.78, 5) is 22.9. The predicted octanol–water partition coefficient (Wildman–Crippen LogP) is 3.98. The molecule has 4 aromatic heterocycles. The minimum atomic E-state index is 0.368. The van der Waals surface area contributed by atoms with Gasteiger partial charge in [0.15, 0.2) is 17.2 Å². The number of pyridine rings is 1. The molecule has 3 fully saturated rings. The van der Waals surface area contributed by atoms with Crippen LogP contribution in [0, 0.1) is 5.92 Å². The van der Waals surface area contributed by atoms with Crippen LogP contribution in [-0.2, 0) is 16.0 Å². The van der Waals surface area contributed by atoms with Crippen molar-refractivity contribution in [2.75, 3.05) is 50.9 Å². The van der Waals surface area contributed by atoms with Crippen LogP contribution < -0.4 is 4.90 Å². The van der Waals surface area contributed by atoms with Gasteiger partial charge in [0.25, 0.3) is 0 Å². The summed E-state index contributed by atoms with van der Waals surface area (Å²) in [6.45, 7) is 6.65. The molecule has 2 bridgehead atoms. The van der Waals surface area contributed by atoms with Gasteiger partial charge in [-0.2, -0.15) is 0 Å². The van der Waals surface area contributed by atoms with E-state index < -0.39 is 0 Å². The van der Waals surface area contributed by atoms with E-state index in [0.717, 1.165) is 78.1 Å². The zero-order valence-electron chi connectivity index (χ0n) is 20.5. The number of anilines is 1. The number of furan rings is 1. The van der Waals surface area contributed by atoms with Crippen molar-refractivity contribution in [3.8, 4) is 11.4 Å². The van der Waals surface area contributed by atoms with Gasteiger partial charge in [0.1, 0.15) is 5.52 Å². The van der Waals surface area contributed by atoms with Gasteiger partial charge in [-0.05, 0) is 36.1 Å². The van der Waals surface area contributed by atoms with E-state index in [2.05, 4.69) is 39.0 Å². The lowest BCUT2D eigenvalue weighted by Crippen LogP contribution is -2.38. The Morgan fingerprint density at radius 1 is 1.05 bits per heavy atom. The van der Waals surface area contributed by atoms with E-state index in [9.17, 15) is 0 Å². The van der Waals surface area contributed by atoms with Gasteiger partial charge in [-0.15, -0.1) is 0 Å². The lowest BCUT2D eigenvalue weighted by atomic mass is 10.00. The van der Waals surface area contributed by atoms with Crippen molar-refractivity contribution >= 4 is 38.9 Å². The Morgan fingerprint density at radius 3 is 2.92 bits per heavy atom. The molecule has 188 valence electrons. The topological polar surface area (TPSA) is 92.5 Å². The third kappa shape index (κ3) is 3.68. The van der Waals surface area contributed by atoms with Crippen molar-refractivity contribution in [1.29, 1.82) is 0 Å². The number of ether oxygens (including phenoxy) is 2. The first-order valence-corrected chi connectivity index (χ1v) is 13.1. The summed E-state index contributed by atoms with van der Waals surface area (Å²) in [5.41, 5.74) is 5.33. The lowest BCUT2D eigenvalue weighted by molar-refractivity contribution is 0.0817. The summed E-state index contributed by atoms with van der Waals surface area (Å²) in [7, 11) is 0. The molecule has 3 saturated heterocycles. The van der Waals surface area contributed by atoms with Gasteiger partial charge in [-0.25, -0.2) is 15.0 Å². The fourth-order valence-corrected chi connectivity index (χ4v) is 6.18.